The zero-order valence-electron chi connectivity index (χ0n) is 8.77. The second-order valence-electron chi connectivity index (χ2n) is 3.32. The highest BCUT2D eigenvalue weighted by atomic mass is 32.1. The average molecular weight is 266 g/mol. The van der Waals surface area contributed by atoms with Crippen molar-refractivity contribution >= 4 is 34.2 Å². The van der Waals surface area contributed by atoms with Gasteiger partial charge in [0.15, 0.2) is 0 Å². The van der Waals surface area contributed by atoms with Crippen molar-refractivity contribution in [3.05, 3.63) is 44.8 Å². The summed E-state index contributed by atoms with van der Waals surface area (Å²) in [6.07, 6.45) is 1.65. The highest BCUT2D eigenvalue weighted by molar-refractivity contribution is 7.80. The summed E-state index contributed by atoms with van der Waals surface area (Å²) in [6.45, 7) is 0.548. The summed E-state index contributed by atoms with van der Waals surface area (Å²) >= 11 is 5.95. The molecule has 0 fully saturated rings. The summed E-state index contributed by atoms with van der Waals surface area (Å²) in [5.74, 6) is 0. The van der Waals surface area contributed by atoms with Crippen LogP contribution in [-0.4, -0.2) is 15.0 Å². The molecule has 0 saturated carbocycles. The van der Waals surface area contributed by atoms with Crippen LogP contribution < -0.4 is 15.9 Å². The Balaban J connectivity index is 2.00. The van der Waals surface area contributed by atoms with Gasteiger partial charge >= 0.3 is 4.87 Å². The lowest BCUT2D eigenvalue weighted by atomic mass is 10.3. The molecule has 0 unspecified atom stereocenters. The molecule has 7 heteroatoms. The second kappa shape index (κ2) is 5.07. The molecule has 2 aromatic heterocycles. The van der Waals surface area contributed by atoms with Gasteiger partial charge in [-0.15, -0.1) is 0 Å². The highest BCUT2D eigenvalue weighted by Crippen LogP contribution is 2.08. The minimum absolute atomic E-state index is 0.0521. The topological polar surface area (TPSA) is 83.8 Å². The van der Waals surface area contributed by atoms with Gasteiger partial charge in [0.2, 0.25) is 0 Å². The number of H-pyrrole nitrogens is 1. The summed E-state index contributed by atoms with van der Waals surface area (Å²) in [7, 11) is 0. The van der Waals surface area contributed by atoms with Gasteiger partial charge in [-0.25, -0.2) is 0 Å². The van der Waals surface area contributed by atoms with Gasteiger partial charge in [-0.05, 0) is 12.1 Å². The third-order valence-corrected chi connectivity index (χ3v) is 3.00. The number of nitrogens with zero attached hydrogens (tertiary/aromatic N) is 1. The minimum atomic E-state index is -0.0521. The maximum atomic E-state index is 10.9. The number of nitrogens with one attached hydrogen (secondary N) is 2. The van der Waals surface area contributed by atoms with E-state index in [0.717, 1.165) is 22.7 Å². The molecule has 0 atom stereocenters. The first kappa shape index (κ1) is 11.7. The second-order valence-corrected chi connectivity index (χ2v) is 4.61. The van der Waals surface area contributed by atoms with Crippen molar-refractivity contribution in [2.24, 2.45) is 5.73 Å². The van der Waals surface area contributed by atoms with Crippen molar-refractivity contribution in [2.75, 3.05) is 5.32 Å². The molecule has 0 spiro atoms. The van der Waals surface area contributed by atoms with Crippen LogP contribution in [0.1, 0.15) is 11.4 Å². The largest absolute Gasteiger partial charge is 0.388 e. The maximum Gasteiger partial charge on any atom is 0.304 e. The van der Waals surface area contributed by atoms with Gasteiger partial charge in [-0.2, -0.15) is 0 Å². The molecule has 4 N–H and O–H groups in total. The van der Waals surface area contributed by atoms with E-state index >= 15 is 0 Å². The smallest absolute Gasteiger partial charge is 0.304 e. The number of hydrogen-bond donors (Lipinski definition) is 3. The van der Waals surface area contributed by atoms with Gasteiger partial charge in [-0.1, -0.05) is 23.6 Å². The van der Waals surface area contributed by atoms with Crippen LogP contribution in [0, 0.1) is 0 Å². The van der Waals surface area contributed by atoms with Crippen molar-refractivity contribution in [3.8, 4) is 0 Å². The maximum absolute atomic E-state index is 10.9. The Labute approximate surface area is 107 Å². The van der Waals surface area contributed by atoms with Crippen LogP contribution >= 0.6 is 23.6 Å². The molecule has 2 rings (SSSR count). The number of anilines is 1. The number of nitrogens with two attached hydrogens (primary N) is 1. The molecule has 0 saturated heterocycles. The van der Waals surface area contributed by atoms with E-state index in [4.69, 9.17) is 18.0 Å². The van der Waals surface area contributed by atoms with Gasteiger partial charge < -0.3 is 16.0 Å². The van der Waals surface area contributed by atoms with Crippen LogP contribution in [-0.2, 0) is 6.54 Å². The summed E-state index contributed by atoms with van der Waals surface area (Å²) in [5.41, 5.74) is 7.72. The quantitative estimate of drug-likeness (QED) is 0.721. The molecule has 0 amide bonds. The lowest BCUT2D eigenvalue weighted by Crippen LogP contribution is -2.11. The van der Waals surface area contributed by atoms with E-state index in [0.29, 0.717) is 12.2 Å². The number of rotatable bonds is 4. The Morgan fingerprint density at radius 2 is 2.41 bits per heavy atom. The van der Waals surface area contributed by atoms with E-state index in [-0.39, 0.29) is 9.86 Å². The lowest BCUT2D eigenvalue weighted by Gasteiger charge is -2.04. The van der Waals surface area contributed by atoms with E-state index in [1.165, 1.54) is 0 Å². The number of thiocarbonyl (C=S) groups is 1. The first-order valence-electron chi connectivity index (χ1n) is 4.81. The Morgan fingerprint density at radius 3 is 2.94 bits per heavy atom. The molecule has 0 aliphatic rings. The molecule has 88 valence electrons. The van der Waals surface area contributed by atoms with Crippen molar-refractivity contribution < 1.29 is 0 Å². The van der Waals surface area contributed by atoms with Gasteiger partial charge in [0.05, 0.1) is 24.1 Å². The fraction of sp³-hybridized carbons (Fsp3) is 0.100. The zero-order chi connectivity index (χ0) is 12.3. The fourth-order valence-corrected chi connectivity index (χ4v) is 1.94. The first-order valence-corrected chi connectivity index (χ1v) is 6.10. The third kappa shape index (κ3) is 3.11. The summed E-state index contributed by atoms with van der Waals surface area (Å²) < 4.78 is 0. The molecule has 0 bridgehead atoms. The Kier molecular flexibility index (Phi) is 3.50. The number of thiazole rings is 1. The van der Waals surface area contributed by atoms with Crippen molar-refractivity contribution in [1.29, 1.82) is 0 Å². The molecule has 17 heavy (non-hydrogen) atoms. The van der Waals surface area contributed by atoms with E-state index in [1.54, 1.807) is 17.6 Å². The van der Waals surface area contributed by atoms with Crippen LogP contribution in [0.4, 0.5) is 5.69 Å². The zero-order valence-corrected chi connectivity index (χ0v) is 10.4. The molecular weight excluding hydrogens is 256 g/mol. The molecule has 2 aromatic rings. The van der Waals surface area contributed by atoms with Gasteiger partial charge in [0.25, 0.3) is 0 Å². The third-order valence-electron chi connectivity index (χ3n) is 2.07. The fourth-order valence-electron chi connectivity index (χ4n) is 1.24. The van der Waals surface area contributed by atoms with Crippen molar-refractivity contribution in [1.82, 2.24) is 9.97 Å². The minimum Gasteiger partial charge on any atom is -0.388 e. The van der Waals surface area contributed by atoms with E-state index in [9.17, 15) is 4.79 Å². The van der Waals surface area contributed by atoms with Crippen LogP contribution in [0.15, 0.2) is 28.5 Å². The summed E-state index contributed by atoms with van der Waals surface area (Å²) in [6, 6.07) is 3.59. The molecule has 0 aliphatic carbocycles. The predicted molar refractivity (Wildman–Crippen MR) is 72.4 cm³/mol. The lowest BCUT2D eigenvalue weighted by molar-refractivity contribution is 1.05. The molecule has 2 heterocycles. The van der Waals surface area contributed by atoms with E-state index in [2.05, 4.69) is 15.3 Å². The Morgan fingerprint density at radius 1 is 1.59 bits per heavy atom. The van der Waals surface area contributed by atoms with Crippen LogP contribution in [0.25, 0.3) is 0 Å². The monoisotopic (exact) mass is 266 g/mol. The molecular formula is C10H10N4OS2. The molecule has 0 radical (unpaired) electrons. The molecule has 5 nitrogen and oxygen atoms in total. The normalized spacial score (nSPS) is 10.1. The number of aromatic nitrogens is 2. The van der Waals surface area contributed by atoms with E-state index < -0.39 is 0 Å². The van der Waals surface area contributed by atoms with Crippen LogP contribution in [0.2, 0.25) is 0 Å². The van der Waals surface area contributed by atoms with E-state index in [1.807, 2.05) is 6.07 Å². The summed E-state index contributed by atoms with van der Waals surface area (Å²) in [4.78, 5) is 18.0. The van der Waals surface area contributed by atoms with Gasteiger partial charge in [0.1, 0.15) is 4.99 Å². The molecule has 0 aliphatic heterocycles. The van der Waals surface area contributed by atoms with Crippen LogP contribution in [0.3, 0.4) is 0 Å². The van der Waals surface area contributed by atoms with Crippen molar-refractivity contribution in [2.45, 2.75) is 6.54 Å². The molecule has 0 aromatic carbocycles. The average Bonchev–Trinajstić information content (AvgIpc) is 2.73. The van der Waals surface area contributed by atoms with Gasteiger partial charge in [0, 0.05) is 11.1 Å². The standard InChI is InChI=1S/C10H10N4OS2/c11-9(16)8-2-1-6(3-13-8)12-4-7-5-17-10(15)14-7/h1-3,5,12H,4H2,(H2,11,16)(H,14,15). The first-order chi connectivity index (χ1) is 8.15. The highest BCUT2D eigenvalue weighted by Gasteiger charge is 1.99. The predicted octanol–water partition coefficient (Wildman–Crippen LogP) is 1.08. The van der Waals surface area contributed by atoms with Crippen LogP contribution in [0.5, 0.6) is 0 Å². The number of aromatic amines is 1. The Bertz CT molecular complexity index is 572. The SMILES string of the molecule is NC(=S)c1ccc(NCc2csc(=O)[nH]2)cn1. The number of pyridine rings is 1. The summed E-state index contributed by atoms with van der Waals surface area (Å²) in [5, 5.41) is 4.91. The number of hydrogen-bond acceptors (Lipinski definition) is 5. The van der Waals surface area contributed by atoms with Gasteiger partial charge in [-0.3, -0.25) is 9.78 Å². The Hall–Kier alpha value is -1.73. The van der Waals surface area contributed by atoms with Crippen molar-refractivity contribution in [3.63, 3.8) is 0 Å².